The minimum Gasteiger partial charge on any atom is -0.184 e. The van der Waals surface area contributed by atoms with Gasteiger partial charge in [0.05, 0.1) is 0 Å². The van der Waals surface area contributed by atoms with Crippen LogP contribution in [0.25, 0.3) is 0 Å². The molecule has 0 N–H and O–H groups in total. The fourth-order valence-corrected chi connectivity index (χ4v) is 1.03. The Bertz CT molecular complexity index is 302. The second kappa shape index (κ2) is 17.7. The van der Waals surface area contributed by atoms with Crippen molar-refractivity contribution < 1.29 is 19.5 Å². The Kier molecular flexibility index (Phi) is 18.6. The molecule has 3 aromatic carbocycles. The van der Waals surface area contributed by atoms with Gasteiger partial charge >= 0.3 is 19.5 Å². The molecule has 0 nitrogen and oxygen atoms in total. The van der Waals surface area contributed by atoms with Crippen LogP contribution in [0.15, 0.2) is 91.0 Å². The number of hydrogen-bond acceptors (Lipinski definition) is 0. The fraction of sp³-hybridized carbons (Fsp3) is 0. The first-order valence-corrected chi connectivity index (χ1v) is 5.73. The van der Waals surface area contributed by atoms with Crippen molar-refractivity contribution in [3.63, 3.8) is 0 Å². The molecule has 1 unspecified atom stereocenters. The molecule has 0 aliphatic carbocycles. The molecule has 0 heterocycles. The molecule has 0 aromatic heterocycles. The predicted molar refractivity (Wildman–Crippen MR) is 86.9 cm³/mol. The molecule has 2 heteroatoms. The Balaban J connectivity index is 0. The van der Waals surface area contributed by atoms with Gasteiger partial charge in [0.15, 0.2) is 0 Å². The van der Waals surface area contributed by atoms with Crippen LogP contribution in [-0.2, 0) is 19.5 Å². The van der Waals surface area contributed by atoms with Crippen molar-refractivity contribution in [2.24, 2.45) is 0 Å². The van der Waals surface area contributed by atoms with E-state index in [0.717, 1.165) is 0 Å². The summed E-state index contributed by atoms with van der Waals surface area (Å²) in [7, 11) is 0. The van der Waals surface area contributed by atoms with Crippen molar-refractivity contribution in [2.75, 3.05) is 0 Å². The topological polar surface area (TPSA) is 0 Å². The van der Waals surface area contributed by atoms with E-state index < -0.39 is 0 Å². The molecular weight excluding hydrogens is 350 g/mol. The van der Waals surface area contributed by atoms with Crippen LogP contribution in [0, 0.1) is 18.2 Å². The maximum absolute atomic E-state index is 2.89. The maximum Gasteiger partial charge on any atom is 3.00 e. The maximum atomic E-state index is 2.89. The summed E-state index contributed by atoms with van der Waals surface area (Å²) < 4.78 is 0. The molecule has 0 aliphatic heterocycles. The zero-order chi connectivity index (χ0) is 12.7. The van der Waals surface area contributed by atoms with Gasteiger partial charge in [-0.25, -0.2) is 0 Å². The smallest absolute Gasteiger partial charge is 0.184 e. The summed E-state index contributed by atoms with van der Waals surface area (Å²) in [6.45, 7) is 0. The third-order valence-electron chi connectivity index (χ3n) is 1.82. The quantitative estimate of drug-likeness (QED) is 0.311. The molecule has 0 bridgehead atoms. The van der Waals surface area contributed by atoms with E-state index in [0.29, 0.717) is 0 Å². The van der Waals surface area contributed by atoms with Crippen LogP contribution in [0.4, 0.5) is 0 Å². The van der Waals surface area contributed by atoms with Crippen LogP contribution < -0.4 is 0 Å². The number of benzene rings is 3. The van der Waals surface area contributed by atoms with Gasteiger partial charge in [0.1, 0.15) is 0 Å². The fourth-order valence-electron chi connectivity index (χ4n) is 1.03. The molecule has 1 atom stereocenters. The van der Waals surface area contributed by atoms with Crippen molar-refractivity contribution in [3.8, 4) is 0 Å². The van der Waals surface area contributed by atoms with Crippen molar-refractivity contribution in [1.82, 2.24) is 0 Å². The minimum absolute atomic E-state index is 0. The molecule has 104 valence electrons. The van der Waals surface area contributed by atoms with Gasteiger partial charge < -0.3 is 0 Å². The van der Waals surface area contributed by atoms with Crippen LogP contribution in [-0.4, -0.2) is 0 Å². The van der Waals surface area contributed by atoms with Crippen molar-refractivity contribution >= 4 is 9.90 Å². The minimum atomic E-state index is 0. The van der Waals surface area contributed by atoms with Gasteiger partial charge in [-0.05, 0) is 0 Å². The Morgan fingerprint density at radius 1 is 0.350 bits per heavy atom. The second-order valence-electron chi connectivity index (χ2n) is 3.23. The van der Waals surface area contributed by atoms with Gasteiger partial charge in [-0.15, -0.1) is 0 Å². The first kappa shape index (κ1) is 21.0. The van der Waals surface area contributed by atoms with Crippen molar-refractivity contribution in [2.45, 2.75) is 0 Å². The van der Waals surface area contributed by atoms with Crippen LogP contribution in [0.5, 0.6) is 0 Å². The Morgan fingerprint density at radius 2 is 0.550 bits per heavy atom. The van der Waals surface area contributed by atoms with Crippen LogP contribution >= 0.6 is 9.90 Å². The summed E-state index contributed by atoms with van der Waals surface area (Å²) in [5, 5.41) is 0. The molecule has 0 amide bonds. The molecule has 0 spiro atoms. The molecule has 3 rings (SSSR count). The molecule has 3 aromatic rings. The Morgan fingerprint density at radius 3 is 0.600 bits per heavy atom. The molecule has 0 aliphatic rings. The Labute approximate surface area is 138 Å². The van der Waals surface area contributed by atoms with Gasteiger partial charge in [0, 0.05) is 0 Å². The first-order valence-electron chi connectivity index (χ1n) is 5.73. The average molecular weight is 368 g/mol. The van der Waals surface area contributed by atoms with Gasteiger partial charge in [0.25, 0.3) is 0 Å². The largest absolute Gasteiger partial charge is 3.00 e. The zero-order valence-electron chi connectivity index (χ0n) is 11.2. The Hall–Kier alpha value is -1.29. The van der Waals surface area contributed by atoms with E-state index in [1.54, 1.807) is 0 Å². The van der Waals surface area contributed by atoms with Crippen LogP contribution in [0.2, 0.25) is 0 Å². The van der Waals surface area contributed by atoms with Crippen molar-refractivity contribution in [3.05, 3.63) is 109 Å². The van der Waals surface area contributed by atoms with Gasteiger partial charge in [-0.3, -0.25) is 0 Å². The van der Waals surface area contributed by atoms with Crippen LogP contribution in [0.3, 0.4) is 0 Å². The van der Waals surface area contributed by atoms with Gasteiger partial charge in [-0.1, -0.05) is 0 Å². The second-order valence-corrected chi connectivity index (χ2v) is 3.23. The van der Waals surface area contributed by atoms with Gasteiger partial charge in [0.2, 0.25) is 0 Å². The van der Waals surface area contributed by atoms with E-state index in [9.17, 15) is 0 Å². The number of rotatable bonds is 0. The molecule has 0 saturated heterocycles. The summed E-state index contributed by atoms with van der Waals surface area (Å²) in [6, 6.07) is 37.5. The average Bonchev–Trinajstić information content (AvgIpc) is 2.54. The third kappa shape index (κ3) is 14.8. The summed E-state index contributed by atoms with van der Waals surface area (Å²) in [4.78, 5) is 0. The van der Waals surface area contributed by atoms with E-state index in [4.69, 9.17) is 0 Å². The van der Waals surface area contributed by atoms with E-state index in [1.807, 2.05) is 91.0 Å². The summed E-state index contributed by atoms with van der Waals surface area (Å²) in [5.74, 6) is 0. The molecule has 20 heavy (non-hydrogen) atoms. The standard InChI is InChI=1S/3C6H5.H3P.Rh/c3*1-2-4-6-5-3-1;;/h3*1-5H;1H3;/q3*-1;;+3. The monoisotopic (exact) mass is 368 g/mol. The summed E-state index contributed by atoms with van der Waals surface area (Å²) >= 11 is 0. The SMILES string of the molecule is P.[Rh+3].[c-]1ccccc1.[c-]1ccccc1.[c-]1ccccc1. The van der Waals surface area contributed by atoms with Crippen molar-refractivity contribution in [1.29, 1.82) is 0 Å². The van der Waals surface area contributed by atoms with E-state index >= 15 is 0 Å². The van der Waals surface area contributed by atoms with E-state index in [2.05, 4.69) is 18.2 Å². The molecular formula is C18H18PRh. The van der Waals surface area contributed by atoms with E-state index in [-0.39, 0.29) is 29.4 Å². The number of hydrogen-bond donors (Lipinski definition) is 0. The first-order chi connectivity index (χ1) is 9.00. The van der Waals surface area contributed by atoms with Gasteiger partial charge in [-0.2, -0.15) is 119 Å². The summed E-state index contributed by atoms with van der Waals surface area (Å²) in [6.07, 6.45) is 0. The van der Waals surface area contributed by atoms with E-state index in [1.165, 1.54) is 0 Å². The predicted octanol–water partition coefficient (Wildman–Crippen LogP) is 4.52. The normalized spacial score (nSPS) is 7.20. The third-order valence-corrected chi connectivity index (χ3v) is 1.82. The molecule has 0 radical (unpaired) electrons. The van der Waals surface area contributed by atoms with Crippen LogP contribution in [0.1, 0.15) is 0 Å². The zero-order valence-corrected chi connectivity index (χ0v) is 14.3. The summed E-state index contributed by atoms with van der Waals surface area (Å²) in [5.41, 5.74) is 0. The molecule has 0 fully saturated rings. The molecule has 0 saturated carbocycles.